The van der Waals surface area contributed by atoms with Gasteiger partial charge in [0.1, 0.15) is 32.5 Å². The molecule has 12 heteroatoms. The molecular formula is C25H26ClNO10. The number of aliphatic carboxylic acids is 2. The lowest BCUT2D eigenvalue weighted by Gasteiger charge is -2.26. The van der Waals surface area contributed by atoms with Crippen LogP contribution in [0.5, 0.6) is 11.5 Å². The summed E-state index contributed by atoms with van der Waals surface area (Å²) in [4.78, 5) is 35.9. The number of cyclic esters (lactones) is 1. The van der Waals surface area contributed by atoms with E-state index in [0.29, 0.717) is 29.5 Å². The zero-order chi connectivity index (χ0) is 26.6. The molecule has 0 spiro atoms. The molecule has 2 atom stereocenters. The van der Waals surface area contributed by atoms with Crippen LogP contribution in [0.4, 0.5) is 4.79 Å². The van der Waals surface area contributed by atoms with Crippen LogP contribution in [0.3, 0.4) is 0 Å². The van der Waals surface area contributed by atoms with Gasteiger partial charge in [0.15, 0.2) is 11.5 Å². The molecule has 2 unspecified atom stereocenters. The van der Waals surface area contributed by atoms with Gasteiger partial charge in [0.05, 0.1) is 6.54 Å². The van der Waals surface area contributed by atoms with Crippen molar-refractivity contribution in [2.75, 3.05) is 33.0 Å². The SMILES string of the molecule is CC(Cc1ccc2c(c1)OC(COCC(=O)O)(COCC(=O)O)O2)N1CC(c2cccc(Cl)c2)OC1=O. The Hall–Kier alpha value is -3.54. The number of hydrogen-bond donors (Lipinski definition) is 2. The molecule has 2 heterocycles. The maximum atomic E-state index is 12.6. The molecule has 198 valence electrons. The average Bonchev–Trinajstić information content (AvgIpc) is 3.39. The van der Waals surface area contributed by atoms with Crippen LogP contribution in [0.25, 0.3) is 0 Å². The number of benzene rings is 2. The molecule has 0 radical (unpaired) electrons. The quantitative estimate of drug-likeness (QED) is 0.416. The Morgan fingerprint density at radius 2 is 1.76 bits per heavy atom. The summed E-state index contributed by atoms with van der Waals surface area (Å²) in [5.41, 5.74) is 1.67. The van der Waals surface area contributed by atoms with Gasteiger partial charge in [-0.25, -0.2) is 14.4 Å². The standard InChI is InChI=1S/C25H26ClNO10/c1-15(27-10-21(35-24(27)32)17-3-2-4-18(26)9-17)7-16-5-6-19-20(8-16)37-25(36-19,13-33-11-22(28)29)14-34-12-23(30)31/h2-6,8-9,15,21H,7,10-14H2,1H3,(H,28,29)(H,30,31). The van der Waals surface area contributed by atoms with Gasteiger partial charge in [-0.05, 0) is 48.7 Å². The predicted molar refractivity (Wildman–Crippen MR) is 128 cm³/mol. The molecular weight excluding hydrogens is 510 g/mol. The van der Waals surface area contributed by atoms with Crippen LogP contribution in [-0.2, 0) is 30.2 Å². The molecule has 37 heavy (non-hydrogen) atoms. The van der Waals surface area contributed by atoms with Crippen LogP contribution in [0.15, 0.2) is 42.5 Å². The van der Waals surface area contributed by atoms with Crippen molar-refractivity contribution in [3.05, 3.63) is 58.6 Å². The smallest absolute Gasteiger partial charge is 0.410 e. The summed E-state index contributed by atoms with van der Waals surface area (Å²) >= 11 is 6.07. The summed E-state index contributed by atoms with van der Waals surface area (Å²) in [5, 5.41) is 18.3. The van der Waals surface area contributed by atoms with E-state index in [9.17, 15) is 14.4 Å². The Morgan fingerprint density at radius 3 is 2.41 bits per heavy atom. The molecule has 2 aliphatic rings. The Bertz CT molecular complexity index is 1150. The molecule has 4 rings (SSSR count). The number of ether oxygens (including phenoxy) is 5. The summed E-state index contributed by atoms with van der Waals surface area (Å²) in [7, 11) is 0. The normalized spacial score (nSPS) is 18.5. The van der Waals surface area contributed by atoms with Crippen molar-refractivity contribution in [2.45, 2.75) is 31.3 Å². The number of fused-ring (bicyclic) bond motifs is 1. The van der Waals surface area contributed by atoms with Crippen molar-refractivity contribution in [3.63, 3.8) is 0 Å². The summed E-state index contributed by atoms with van der Waals surface area (Å²) in [6.45, 7) is 0.517. The first-order chi connectivity index (χ1) is 17.6. The first kappa shape index (κ1) is 26.5. The predicted octanol–water partition coefficient (Wildman–Crippen LogP) is 3.13. The van der Waals surface area contributed by atoms with Crippen LogP contribution in [0, 0.1) is 0 Å². The van der Waals surface area contributed by atoms with E-state index in [0.717, 1.165) is 11.1 Å². The molecule has 2 aliphatic heterocycles. The zero-order valence-corrected chi connectivity index (χ0v) is 20.7. The topological polar surface area (TPSA) is 141 Å². The number of rotatable bonds is 12. The number of carboxylic acids is 2. The molecule has 2 aromatic rings. The molecule has 0 bridgehead atoms. The molecule has 2 aromatic carbocycles. The van der Waals surface area contributed by atoms with Crippen molar-refractivity contribution in [3.8, 4) is 11.5 Å². The van der Waals surface area contributed by atoms with Gasteiger partial charge in [-0.15, -0.1) is 0 Å². The van der Waals surface area contributed by atoms with Crippen molar-refractivity contribution < 1.29 is 48.3 Å². The Kier molecular flexibility index (Phi) is 8.06. The van der Waals surface area contributed by atoms with E-state index in [2.05, 4.69) is 0 Å². The second kappa shape index (κ2) is 11.2. The van der Waals surface area contributed by atoms with Gasteiger partial charge < -0.3 is 38.8 Å². The second-order valence-corrected chi connectivity index (χ2v) is 9.24. The van der Waals surface area contributed by atoms with Crippen molar-refractivity contribution in [2.24, 2.45) is 0 Å². The Labute approximate surface area is 217 Å². The van der Waals surface area contributed by atoms with Crippen LogP contribution in [0.2, 0.25) is 5.02 Å². The monoisotopic (exact) mass is 535 g/mol. The summed E-state index contributed by atoms with van der Waals surface area (Å²) < 4.78 is 27.7. The van der Waals surface area contributed by atoms with Crippen LogP contribution in [-0.4, -0.2) is 77.9 Å². The lowest BCUT2D eigenvalue weighted by Crippen LogP contribution is -2.48. The van der Waals surface area contributed by atoms with Crippen molar-refractivity contribution in [1.82, 2.24) is 4.90 Å². The lowest BCUT2D eigenvalue weighted by atomic mass is 10.0. The van der Waals surface area contributed by atoms with E-state index in [1.165, 1.54) is 0 Å². The van der Waals surface area contributed by atoms with Gasteiger partial charge in [0.25, 0.3) is 5.79 Å². The number of carboxylic acid groups (broad SMARTS) is 2. The molecule has 0 saturated carbocycles. The number of hydrogen-bond acceptors (Lipinski definition) is 8. The maximum Gasteiger partial charge on any atom is 0.410 e. The van der Waals surface area contributed by atoms with Crippen LogP contribution in [0.1, 0.15) is 24.2 Å². The molecule has 11 nitrogen and oxygen atoms in total. The van der Waals surface area contributed by atoms with Gasteiger partial charge in [-0.1, -0.05) is 29.8 Å². The third-order valence-corrected chi connectivity index (χ3v) is 6.05. The maximum absolute atomic E-state index is 12.6. The molecule has 1 fully saturated rings. The van der Waals surface area contributed by atoms with E-state index in [1.54, 1.807) is 29.2 Å². The number of nitrogens with zero attached hydrogens (tertiary/aromatic N) is 1. The Balaban J connectivity index is 1.41. The fourth-order valence-electron chi connectivity index (χ4n) is 4.18. The van der Waals surface area contributed by atoms with E-state index in [1.807, 2.05) is 25.1 Å². The summed E-state index contributed by atoms with van der Waals surface area (Å²) in [5.74, 6) is -3.16. The first-order valence-corrected chi connectivity index (χ1v) is 11.8. The van der Waals surface area contributed by atoms with Crippen LogP contribution >= 0.6 is 11.6 Å². The minimum absolute atomic E-state index is 0.195. The largest absolute Gasteiger partial charge is 0.480 e. The van der Waals surface area contributed by atoms with Gasteiger partial charge in [-0.3, -0.25) is 0 Å². The highest BCUT2D eigenvalue weighted by molar-refractivity contribution is 6.30. The first-order valence-electron chi connectivity index (χ1n) is 11.5. The highest BCUT2D eigenvalue weighted by Gasteiger charge is 2.43. The minimum Gasteiger partial charge on any atom is -0.480 e. The van der Waals surface area contributed by atoms with Gasteiger partial charge >= 0.3 is 18.0 Å². The zero-order valence-electron chi connectivity index (χ0n) is 19.9. The minimum atomic E-state index is -1.54. The molecule has 2 N–H and O–H groups in total. The second-order valence-electron chi connectivity index (χ2n) is 8.80. The highest BCUT2D eigenvalue weighted by Crippen LogP contribution is 2.41. The van der Waals surface area contributed by atoms with E-state index < -0.39 is 43.1 Å². The Morgan fingerprint density at radius 1 is 1.08 bits per heavy atom. The molecule has 1 amide bonds. The number of carbonyl (C=O) groups is 3. The third kappa shape index (κ3) is 6.62. The van der Waals surface area contributed by atoms with E-state index >= 15 is 0 Å². The fraction of sp³-hybridized carbons (Fsp3) is 0.400. The average molecular weight is 536 g/mol. The van der Waals surface area contributed by atoms with E-state index in [4.69, 9.17) is 45.5 Å². The number of carbonyl (C=O) groups excluding carboxylic acids is 1. The summed E-state index contributed by atoms with van der Waals surface area (Å²) in [6.07, 6.45) is -0.336. The molecule has 0 aromatic heterocycles. The van der Waals surface area contributed by atoms with Crippen molar-refractivity contribution >= 4 is 29.6 Å². The van der Waals surface area contributed by atoms with E-state index in [-0.39, 0.29) is 19.3 Å². The van der Waals surface area contributed by atoms with Crippen LogP contribution < -0.4 is 9.47 Å². The number of amides is 1. The van der Waals surface area contributed by atoms with Gasteiger partial charge in [0, 0.05) is 11.1 Å². The molecule has 0 aliphatic carbocycles. The van der Waals surface area contributed by atoms with Gasteiger partial charge in [0.2, 0.25) is 0 Å². The summed E-state index contributed by atoms with van der Waals surface area (Å²) in [6, 6.07) is 12.3. The fourth-order valence-corrected chi connectivity index (χ4v) is 4.38. The molecule has 1 saturated heterocycles. The highest BCUT2D eigenvalue weighted by atomic mass is 35.5. The third-order valence-electron chi connectivity index (χ3n) is 5.82. The lowest BCUT2D eigenvalue weighted by molar-refractivity contribution is -0.179. The van der Waals surface area contributed by atoms with Crippen molar-refractivity contribution in [1.29, 1.82) is 0 Å². The number of halogens is 1. The van der Waals surface area contributed by atoms with Gasteiger partial charge in [-0.2, -0.15) is 0 Å².